The number of rotatable bonds is 3. The Hall–Kier alpha value is -3.16. The molecule has 30 heavy (non-hydrogen) atoms. The van der Waals surface area contributed by atoms with Crippen molar-refractivity contribution in [1.29, 1.82) is 0 Å². The third kappa shape index (κ3) is 2.89. The SMILES string of the molecule is Cc1ccc(-n2nc(C(=O)NN3C(=O)NC4(CCCCC4)C3=O)c3c2CCC3)cc1. The van der Waals surface area contributed by atoms with Crippen molar-refractivity contribution in [1.82, 2.24) is 25.5 Å². The van der Waals surface area contributed by atoms with E-state index < -0.39 is 17.5 Å². The zero-order valence-corrected chi connectivity index (χ0v) is 17.0. The smallest absolute Gasteiger partial charge is 0.322 e. The fourth-order valence-corrected chi connectivity index (χ4v) is 4.89. The lowest BCUT2D eigenvalue weighted by Gasteiger charge is -2.30. The number of carbonyl (C=O) groups excluding carboxylic acids is 3. The lowest BCUT2D eigenvalue weighted by Crippen LogP contribution is -2.51. The minimum absolute atomic E-state index is 0.285. The standard InChI is InChI=1S/C22H25N5O3/c1-14-8-10-15(11-9-14)26-17-7-5-6-16(17)18(24-26)19(28)25-27-20(29)22(23-21(27)30)12-3-2-4-13-22/h8-11H,2-7,12-13H2,1H3,(H,23,30)(H,25,28). The van der Waals surface area contributed by atoms with Crippen molar-refractivity contribution in [2.75, 3.05) is 0 Å². The molecule has 1 saturated carbocycles. The van der Waals surface area contributed by atoms with E-state index in [1.54, 1.807) is 0 Å². The van der Waals surface area contributed by atoms with Crippen LogP contribution in [-0.4, -0.2) is 38.2 Å². The van der Waals surface area contributed by atoms with Crippen LogP contribution in [0.5, 0.6) is 0 Å². The molecule has 2 aromatic rings. The largest absolute Gasteiger partial charge is 0.344 e. The van der Waals surface area contributed by atoms with Gasteiger partial charge in [0.2, 0.25) is 0 Å². The molecule has 2 heterocycles. The molecular weight excluding hydrogens is 382 g/mol. The van der Waals surface area contributed by atoms with Gasteiger partial charge in [0.1, 0.15) is 5.54 Å². The van der Waals surface area contributed by atoms with E-state index in [0.717, 1.165) is 66.0 Å². The minimum atomic E-state index is -0.869. The van der Waals surface area contributed by atoms with Gasteiger partial charge in [-0.25, -0.2) is 9.48 Å². The van der Waals surface area contributed by atoms with Crippen molar-refractivity contribution in [2.24, 2.45) is 0 Å². The van der Waals surface area contributed by atoms with Gasteiger partial charge in [-0.3, -0.25) is 15.0 Å². The molecule has 0 unspecified atom stereocenters. The van der Waals surface area contributed by atoms with E-state index in [-0.39, 0.29) is 11.6 Å². The summed E-state index contributed by atoms with van der Waals surface area (Å²) in [4.78, 5) is 38.5. The van der Waals surface area contributed by atoms with Gasteiger partial charge in [0.05, 0.1) is 5.69 Å². The van der Waals surface area contributed by atoms with Crippen LogP contribution in [0.3, 0.4) is 0 Å². The molecule has 8 nitrogen and oxygen atoms in total. The van der Waals surface area contributed by atoms with Crippen LogP contribution in [-0.2, 0) is 17.6 Å². The maximum absolute atomic E-state index is 13.1. The van der Waals surface area contributed by atoms with Crippen molar-refractivity contribution in [3.05, 3.63) is 46.8 Å². The number of urea groups is 1. The second-order valence-corrected chi connectivity index (χ2v) is 8.53. The second kappa shape index (κ2) is 6.97. The van der Waals surface area contributed by atoms with Crippen molar-refractivity contribution < 1.29 is 14.4 Å². The van der Waals surface area contributed by atoms with Crippen molar-refractivity contribution in [3.8, 4) is 5.69 Å². The van der Waals surface area contributed by atoms with Crippen LogP contribution in [0.15, 0.2) is 24.3 Å². The predicted molar refractivity (Wildman–Crippen MR) is 109 cm³/mol. The number of imide groups is 1. The quantitative estimate of drug-likeness (QED) is 0.765. The Balaban J connectivity index is 1.42. The number of amides is 4. The summed E-state index contributed by atoms with van der Waals surface area (Å²) in [5, 5.41) is 8.22. The number of hydrogen-bond acceptors (Lipinski definition) is 4. The summed E-state index contributed by atoms with van der Waals surface area (Å²) in [7, 11) is 0. The Morgan fingerprint density at radius 3 is 2.53 bits per heavy atom. The number of hydrogen-bond donors (Lipinski definition) is 2. The predicted octanol–water partition coefficient (Wildman–Crippen LogP) is 2.57. The monoisotopic (exact) mass is 407 g/mol. The molecule has 1 spiro atoms. The number of benzene rings is 1. The minimum Gasteiger partial charge on any atom is -0.322 e. The zero-order valence-electron chi connectivity index (χ0n) is 17.0. The molecule has 1 aliphatic heterocycles. The summed E-state index contributed by atoms with van der Waals surface area (Å²) in [6.45, 7) is 2.02. The fraction of sp³-hybridized carbons (Fsp3) is 0.455. The summed E-state index contributed by atoms with van der Waals surface area (Å²) in [6.07, 6.45) is 6.61. The molecule has 1 aromatic carbocycles. The highest BCUT2D eigenvalue weighted by atomic mass is 16.2. The summed E-state index contributed by atoms with van der Waals surface area (Å²) < 4.78 is 1.81. The van der Waals surface area contributed by atoms with Crippen LogP contribution < -0.4 is 10.7 Å². The molecule has 2 N–H and O–H groups in total. The van der Waals surface area contributed by atoms with E-state index in [9.17, 15) is 14.4 Å². The summed E-state index contributed by atoms with van der Waals surface area (Å²) in [5.41, 5.74) is 5.90. The van der Waals surface area contributed by atoms with Gasteiger partial charge in [-0.2, -0.15) is 10.1 Å². The van der Waals surface area contributed by atoms with Crippen LogP contribution in [0.1, 0.15) is 65.8 Å². The first kappa shape index (κ1) is 18.8. The molecule has 5 rings (SSSR count). The van der Waals surface area contributed by atoms with Crippen LogP contribution in [0.2, 0.25) is 0 Å². The molecule has 0 atom stereocenters. The molecule has 4 amide bonds. The highest BCUT2D eigenvalue weighted by Crippen LogP contribution is 2.33. The Kier molecular flexibility index (Phi) is 4.38. The van der Waals surface area contributed by atoms with E-state index in [1.807, 2.05) is 35.9 Å². The van der Waals surface area contributed by atoms with Gasteiger partial charge in [-0.05, 0) is 51.2 Å². The lowest BCUT2D eigenvalue weighted by molar-refractivity contribution is -0.134. The van der Waals surface area contributed by atoms with E-state index in [0.29, 0.717) is 12.8 Å². The molecule has 2 aliphatic carbocycles. The average Bonchev–Trinajstić information content (AvgIpc) is 3.40. The van der Waals surface area contributed by atoms with E-state index in [2.05, 4.69) is 15.8 Å². The first-order valence-corrected chi connectivity index (χ1v) is 10.6. The van der Waals surface area contributed by atoms with Crippen LogP contribution in [0.4, 0.5) is 4.79 Å². The van der Waals surface area contributed by atoms with Gasteiger partial charge < -0.3 is 5.32 Å². The maximum Gasteiger partial charge on any atom is 0.344 e. The number of aromatic nitrogens is 2. The zero-order chi connectivity index (χ0) is 20.9. The molecule has 8 heteroatoms. The van der Waals surface area contributed by atoms with Crippen molar-refractivity contribution >= 4 is 17.8 Å². The first-order valence-electron chi connectivity index (χ1n) is 10.6. The summed E-state index contributed by atoms with van der Waals surface area (Å²) >= 11 is 0. The van der Waals surface area contributed by atoms with E-state index in [1.165, 1.54) is 0 Å². The fourth-order valence-electron chi connectivity index (χ4n) is 4.89. The lowest BCUT2D eigenvalue weighted by atomic mass is 9.82. The van der Waals surface area contributed by atoms with Crippen LogP contribution >= 0.6 is 0 Å². The number of fused-ring (bicyclic) bond motifs is 1. The van der Waals surface area contributed by atoms with Crippen LogP contribution in [0.25, 0.3) is 5.69 Å². The Bertz CT molecular complexity index is 1030. The van der Waals surface area contributed by atoms with Gasteiger partial charge in [-0.1, -0.05) is 37.0 Å². The number of carbonyl (C=O) groups is 3. The second-order valence-electron chi connectivity index (χ2n) is 8.53. The Labute approximate surface area is 174 Å². The van der Waals surface area contributed by atoms with Gasteiger partial charge in [-0.15, -0.1) is 0 Å². The number of nitrogens with one attached hydrogen (secondary N) is 2. The normalized spacial score (nSPS) is 19.8. The molecular formula is C22H25N5O3. The molecule has 3 aliphatic rings. The van der Waals surface area contributed by atoms with Gasteiger partial charge in [0, 0.05) is 11.3 Å². The number of hydrazine groups is 1. The molecule has 0 bridgehead atoms. The van der Waals surface area contributed by atoms with E-state index in [4.69, 9.17) is 0 Å². The highest BCUT2D eigenvalue weighted by molar-refractivity contribution is 6.09. The van der Waals surface area contributed by atoms with Gasteiger partial charge >= 0.3 is 6.03 Å². The molecule has 2 fully saturated rings. The topological polar surface area (TPSA) is 96.3 Å². The van der Waals surface area contributed by atoms with Crippen molar-refractivity contribution in [2.45, 2.75) is 63.8 Å². The highest BCUT2D eigenvalue weighted by Gasteiger charge is 2.52. The number of nitrogens with zero attached hydrogens (tertiary/aromatic N) is 3. The third-order valence-electron chi connectivity index (χ3n) is 6.51. The molecule has 1 aromatic heterocycles. The van der Waals surface area contributed by atoms with Gasteiger partial charge in [0.15, 0.2) is 5.69 Å². The molecule has 156 valence electrons. The Morgan fingerprint density at radius 2 is 1.80 bits per heavy atom. The number of aryl methyl sites for hydroxylation is 1. The van der Waals surface area contributed by atoms with Gasteiger partial charge in [0.25, 0.3) is 11.8 Å². The van der Waals surface area contributed by atoms with Crippen molar-refractivity contribution in [3.63, 3.8) is 0 Å². The van der Waals surface area contributed by atoms with E-state index >= 15 is 0 Å². The first-order chi connectivity index (χ1) is 14.5. The third-order valence-corrected chi connectivity index (χ3v) is 6.51. The Morgan fingerprint density at radius 1 is 1.07 bits per heavy atom. The molecule has 0 radical (unpaired) electrons. The average molecular weight is 407 g/mol. The molecule has 1 saturated heterocycles. The maximum atomic E-state index is 13.1. The van der Waals surface area contributed by atoms with Crippen LogP contribution in [0, 0.1) is 6.92 Å². The summed E-state index contributed by atoms with van der Waals surface area (Å²) in [5.74, 6) is -0.884. The summed E-state index contributed by atoms with van der Waals surface area (Å²) in [6, 6.07) is 7.41.